The molecule has 0 bridgehead atoms. The topological polar surface area (TPSA) is 108 Å². The predicted molar refractivity (Wildman–Crippen MR) is 124 cm³/mol. The molecule has 2 aliphatic heterocycles. The molecule has 2 aromatic carbocycles. The van der Waals surface area contributed by atoms with Crippen molar-refractivity contribution in [2.75, 3.05) is 32.9 Å². The number of rotatable bonds is 7. The molecule has 2 heterocycles. The molecule has 2 N–H and O–H groups in total. The maximum atomic E-state index is 13.6. The van der Waals surface area contributed by atoms with Crippen molar-refractivity contribution in [3.63, 3.8) is 0 Å². The van der Waals surface area contributed by atoms with Gasteiger partial charge in [0.1, 0.15) is 23.9 Å². The number of piperidine rings is 1. The van der Waals surface area contributed by atoms with Crippen LogP contribution in [0.25, 0.3) is 0 Å². The van der Waals surface area contributed by atoms with E-state index in [1.54, 1.807) is 24.3 Å². The molecule has 8 nitrogen and oxygen atoms in total. The van der Waals surface area contributed by atoms with Gasteiger partial charge in [-0.3, -0.25) is 4.79 Å². The second-order valence-electron chi connectivity index (χ2n) is 8.25. The third-order valence-corrected chi connectivity index (χ3v) is 8.31. The zero-order valence-corrected chi connectivity index (χ0v) is 20.1. The van der Waals surface area contributed by atoms with Crippen LogP contribution >= 0.6 is 23.2 Å². The van der Waals surface area contributed by atoms with Gasteiger partial charge in [0.25, 0.3) is 0 Å². The van der Waals surface area contributed by atoms with Crippen LogP contribution in [0, 0.1) is 5.41 Å². The van der Waals surface area contributed by atoms with Gasteiger partial charge in [-0.05, 0) is 37.1 Å². The molecule has 1 amide bonds. The van der Waals surface area contributed by atoms with Crippen molar-refractivity contribution in [2.45, 2.75) is 24.2 Å². The van der Waals surface area contributed by atoms with E-state index in [-0.39, 0.29) is 36.0 Å². The van der Waals surface area contributed by atoms with Crippen LogP contribution in [0.15, 0.2) is 41.3 Å². The van der Waals surface area contributed by atoms with E-state index in [2.05, 4.69) is 0 Å². The molecule has 1 atom stereocenters. The number of benzene rings is 2. The zero-order chi connectivity index (χ0) is 23.6. The van der Waals surface area contributed by atoms with Crippen LogP contribution in [-0.2, 0) is 14.8 Å². The summed E-state index contributed by atoms with van der Waals surface area (Å²) in [6.45, 7) is 1.16. The zero-order valence-electron chi connectivity index (χ0n) is 17.8. The summed E-state index contributed by atoms with van der Waals surface area (Å²) in [4.78, 5) is 11.8. The van der Waals surface area contributed by atoms with Crippen molar-refractivity contribution in [3.05, 3.63) is 46.4 Å². The molecule has 33 heavy (non-hydrogen) atoms. The molecule has 2 aromatic rings. The first-order valence-electron chi connectivity index (χ1n) is 10.4. The fourth-order valence-corrected chi connectivity index (χ4v) is 6.42. The van der Waals surface area contributed by atoms with Gasteiger partial charge in [0, 0.05) is 42.1 Å². The molecular formula is C22H24Cl2N2O6S. The van der Waals surface area contributed by atoms with Gasteiger partial charge in [0.2, 0.25) is 15.9 Å². The molecule has 0 aliphatic carbocycles. The minimum Gasteiger partial charge on any atom is -0.493 e. The molecule has 0 unspecified atom stereocenters. The number of ether oxygens (including phenoxy) is 3. The van der Waals surface area contributed by atoms with Gasteiger partial charge in [0.15, 0.2) is 11.5 Å². The number of primary amides is 1. The fourth-order valence-electron chi connectivity index (χ4n) is 4.20. The predicted octanol–water partition coefficient (Wildman–Crippen LogP) is 3.49. The number of carbonyl (C=O) groups is 1. The Balaban J connectivity index is 1.60. The van der Waals surface area contributed by atoms with E-state index in [1.807, 2.05) is 0 Å². The molecule has 0 radical (unpaired) electrons. The summed E-state index contributed by atoms with van der Waals surface area (Å²) in [7, 11) is -3.98. The summed E-state index contributed by atoms with van der Waals surface area (Å²) in [5.74, 6) is 0.781. The number of nitrogens with two attached hydrogens (primary N) is 1. The Morgan fingerprint density at radius 3 is 2.45 bits per heavy atom. The number of sulfonamides is 1. The fraction of sp³-hybridized carbons (Fsp3) is 0.409. The van der Waals surface area contributed by atoms with Crippen LogP contribution < -0.4 is 19.9 Å². The maximum Gasteiger partial charge on any atom is 0.244 e. The normalized spacial score (nSPS) is 20.9. The van der Waals surface area contributed by atoms with Gasteiger partial charge in [0.05, 0.1) is 11.6 Å². The number of amides is 1. The Morgan fingerprint density at radius 1 is 1.12 bits per heavy atom. The summed E-state index contributed by atoms with van der Waals surface area (Å²) in [6, 6.07) is 9.66. The highest BCUT2D eigenvalue weighted by molar-refractivity contribution is 7.89. The van der Waals surface area contributed by atoms with Gasteiger partial charge >= 0.3 is 0 Å². The number of fused-ring (bicyclic) bond motifs is 1. The standard InChI is InChI=1S/C22H24Cl2N2O6S/c23-15-2-4-16(5-3-15)32-14-22(12-21(25)27)6-1-7-26(13-22)33(28,29)20-11-19-18(10-17(20)24)30-8-9-31-19/h2-5,10-11H,1,6-9,12-14H2,(H2,25,27)/t22-/m1/s1. The van der Waals surface area contributed by atoms with E-state index in [1.165, 1.54) is 16.4 Å². The Morgan fingerprint density at radius 2 is 1.79 bits per heavy atom. The van der Waals surface area contributed by atoms with E-state index in [0.29, 0.717) is 48.3 Å². The molecular weight excluding hydrogens is 491 g/mol. The number of halogens is 2. The van der Waals surface area contributed by atoms with Crippen LogP contribution in [0.2, 0.25) is 10.0 Å². The summed E-state index contributed by atoms with van der Waals surface area (Å²) in [5.41, 5.74) is 4.75. The SMILES string of the molecule is NC(=O)C[C@]1(COc2ccc(Cl)cc2)CCCN(S(=O)(=O)c2cc3c(cc2Cl)OCCO3)C1. The molecule has 0 spiro atoms. The second kappa shape index (κ2) is 9.58. The molecule has 0 aromatic heterocycles. The first kappa shape index (κ1) is 23.9. The van der Waals surface area contributed by atoms with E-state index < -0.39 is 21.3 Å². The second-order valence-corrected chi connectivity index (χ2v) is 11.0. The largest absolute Gasteiger partial charge is 0.493 e. The van der Waals surface area contributed by atoms with Crippen LogP contribution in [0.3, 0.4) is 0 Å². The molecule has 178 valence electrons. The lowest BCUT2D eigenvalue weighted by Gasteiger charge is -2.41. The number of carbonyl (C=O) groups excluding carboxylic acids is 1. The van der Waals surface area contributed by atoms with Crippen molar-refractivity contribution >= 4 is 39.1 Å². The van der Waals surface area contributed by atoms with E-state index >= 15 is 0 Å². The average Bonchev–Trinajstić information content (AvgIpc) is 2.78. The summed E-state index contributed by atoms with van der Waals surface area (Å²) < 4.78 is 45.4. The summed E-state index contributed by atoms with van der Waals surface area (Å²) in [6.07, 6.45) is 1.12. The van der Waals surface area contributed by atoms with Crippen LogP contribution in [-0.4, -0.2) is 51.5 Å². The van der Waals surface area contributed by atoms with Gasteiger partial charge in [-0.25, -0.2) is 8.42 Å². The van der Waals surface area contributed by atoms with Gasteiger partial charge < -0.3 is 19.9 Å². The Bertz CT molecular complexity index is 1140. The average molecular weight is 515 g/mol. The van der Waals surface area contributed by atoms with E-state index in [9.17, 15) is 13.2 Å². The van der Waals surface area contributed by atoms with Crippen molar-refractivity contribution in [3.8, 4) is 17.2 Å². The summed E-state index contributed by atoms with van der Waals surface area (Å²) >= 11 is 12.2. The number of nitrogens with zero attached hydrogens (tertiary/aromatic N) is 1. The van der Waals surface area contributed by atoms with E-state index in [4.69, 9.17) is 43.1 Å². The molecule has 4 rings (SSSR count). The lowest BCUT2D eigenvalue weighted by atomic mass is 9.78. The first-order chi connectivity index (χ1) is 15.7. The highest BCUT2D eigenvalue weighted by Crippen LogP contribution is 2.41. The molecule has 1 saturated heterocycles. The van der Waals surface area contributed by atoms with Gasteiger partial charge in [-0.1, -0.05) is 23.2 Å². The minimum absolute atomic E-state index is 0.0124. The first-order valence-corrected chi connectivity index (χ1v) is 12.6. The van der Waals surface area contributed by atoms with E-state index in [0.717, 1.165) is 0 Å². The number of hydrogen-bond acceptors (Lipinski definition) is 6. The lowest BCUT2D eigenvalue weighted by Crippen LogP contribution is -2.50. The smallest absolute Gasteiger partial charge is 0.244 e. The van der Waals surface area contributed by atoms with Crippen LogP contribution in [0.4, 0.5) is 0 Å². The van der Waals surface area contributed by atoms with Crippen molar-refractivity contribution in [1.82, 2.24) is 4.31 Å². The minimum atomic E-state index is -3.98. The molecule has 2 aliphatic rings. The quantitative estimate of drug-likeness (QED) is 0.605. The van der Waals surface area contributed by atoms with Gasteiger partial charge in [-0.2, -0.15) is 4.31 Å². The van der Waals surface area contributed by atoms with Crippen LogP contribution in [0.5, 0.6) is 17.2 Å². The highest BCUT2D eigenvalue weighted by Gasteiger charge is 2.42. The van der Waals surface area contributed by atoms with Crippen molar-refractivity contribution in [1.29, 1.82) is 0 Å². The third kappa shape index (κ3) is 5.32. The molecule has 11 heteroatoms. The Labute approximate surface area is 202 Å². The third-order valence-electron chi connectivity index (χ3n) is 5.75. The molecule has 0 saturated carbocycles. The number of hydrogen-bond donors (Lipinski definition) is 1. The summed E-state index contributed by atoms with van der Waals surface area (Å²) in [5, 5.41) is 0.614. The van der Waals surface area contributed by atoms with Crippen LogP contribution in [0.1, 0.15) is 19.3 Å². The maximum absolute atomic E-state index is 13.6. The molecule has 1 fully saturated rings. The lowest BCUT2D eigenvalue weighted by molar-refractivity contribution is -0.121. The highest BCUT2D eigenvalue weighted by atomic mass is 35.5. The monoisotopic (exact) mass is 514 g/mol. The Hall–Kier alpha value is -2.20. The van der Waals surface area contributed by atoms with Crippen molar-refractivity contribution < 1.29 is 27.4 Å². The van der Waals surface area contributed by atoms with Crippen molar-refractivity contribution in [2.24, 2.45) is 11.1 Å². The Kier molecular flexibility index (Phi) is 6.95. The van der Waals surface area contributed by atoms with Gasteiger partial charge in [-0.15, -0.1) is 0 Å².